The van der Waals surface area contributed by atoms with Gasteiger partial charge in [0.25, 0.3) is 0 Å². The van der Waals surface area contributed by atoms with E-state index in [1.165, 1.54) is 25.9 Å². The number of urea groups is 1. The SMILES string of the molecule is COc1ccc(OC)c(C(C)NC(=O)NCCCN2CCC(C)CC2)c1. The lowest BCUT2D eigenvalue weighted by atomic mass is 9.99. The highest BCUT2D eigenvalue weighted by atomic mass is 16.5. The van der Waals surface area contributed by atoms with E-state index in [2.05, 4.69) is 22.5 Å². The topological polar surface area (TPSA) is 62.8 Å². The van der Waals surface area contributed by atoms with Crippen LogP contribution in [0.25, 0.3) is 0 Å². The third-order valence-electron chi connectivity index (χ3n) is 5.06. The highest BCUT2D eigenvalue weighted by molar-refractivity contribution is 5.74. The molecule has 1 aromatic carbocycles. The molecule has 0 bridgehead atoms. The molecule has 0 spiro atoms. The number of hydrogen-bond acceptors (Lipinski definition) is 4. The lowest BCUT2D eigenvalue weighted by Crippen LogP contribution is -2.39. The second kappa shape index (κ2) is 10.3. The van der Waals surface area contributed by atoms with Gasteiger partial charge in [0.05, 0.1) is 20.3 Å². The Balaban J connectivity index is 1.73. The third kappa shape index (κ3) is 6.09. The van der Waals surface area contributed by atoms with Crippen LogP contribution in [0.2, 0.25) is 0 Å². The minimum Gasteiger partial charge on any atom is -0.497 e. The Morgan fingerprint density at radius 3 is 2.65 bits per heavy atom. The highest BCUT2D eigenvalue weighted by Crippen LogP contribution is 2.29. The van der Waals surface area contributed by atoms with Gasteiger partial charge >= 0.3 is 6.03 Å². The van der Waals surface area contributed by atoms with Crippen molar-refractivity contribution in [3.05, 3.63) is 23.8 Å². The van der Waals surface area contributed by atoms with Gasteiger partial charge < -0.3 is 25.0 Å². The van der Waals surface area contributed by atoms with Crippen LogP contribution >= 0.6 is 0 Å². The largest absolute Gasteiger partial charge is 0.497 e. The van der Waals surface area contributed by atoms with Crippen LogP contribution in [0.4, 0.5) is 4.79 Å². The molecule has 6 heteroatoms. The summed E-state index contributed by atoms with van der Waals surface area (Å²) in [5.74, 6) is 2.33. The zero-order valence-electron chi connectivity index (χ0n) is 16.5. The van der Waals surface area contributed by atoms with Crippen LogP contribution in [0.1, 0.15) is 44.7 Å². The van der Waals surface area contributed by atoms with Crippen LogP contribution in [-0.4, -0.2) is 51.3 Å². The van der Waals surface area contributed by atoms with Crippen molar-refractivity contribution in [1.29, 1.82) is 0 Å². The number of nitrogens with zero attached hydrogens (tertiary/aromatic N) is 1. The number of nitrogens with one attached hydrogen (secondary N) is 2. The number of amides is 2. The number of carbonyl (C=O) groups excluding carboxylic acids is 1. The van der Waals surface area contributed by atoms with Crippen molar-refractivity contribution in [2.45, 2.75) is 39.2 Å². The first-order chi connectivity index (χ1) is 12.5. The molecule has 1 saturated heterocycles. The molecule has 1 heterocycles. The van der Waals surface area contributed by atoms with Gasteiger partial charge in [-0.05, 0) is 69.9 Å². The quantitative estimate of drug-likeness (QED) is 0.697. The van der Waals surface area contributed by atoms with Gasteiger partial charge in [-0.2, -0.15) is 0 Å². The van der Waals surface area contributed by atoms with Gasteiger partial charge in [-0.3, -0.25) is 0 Å². The van der Waals surface area contributed by atoms with Gasteiger partial charge in [-0.25, -0.2) is 4.79 Å². The summed E-state index contributed by atoms with van der Waals surface area (Å²) >= 11 is 0. The molecule has 2 amide bonds. The molecule has 1 aromatic rings. The first kappa shape index (κ1) is 20.4. The molecule has 0 aromatic heterocycles. The first-order valence-electron chi connectivity index (χ1n) is 9.52. The van der Waals surface area contributed by atoms with Gasteiger partial charge in [0.15, 0.2) is 0 Å². The lowest BCUT2D eigenvalue weighted by molar-refractivity contribution is 0.190. The van der Waals surface area contributed by atoms with E-state index in [0.29, 0.717) is 6.54 Å². The summed E-state index contributed by atoms with van der Waals surface area (Å²) < 4.78 is 10.7. The van der Waals surface area contributed by atoms with Crippen molar-refractivity contribution in [3.63, 3.8) is 0 Å². The van der Waals surface area contributed by atoms with Crippen LogP contribution in [0.3, 0.4) is 0 Å². The number of piperidine rings is 1. The van der Waals surface area contributed by atoms with Crippen LogP contribution < -0.4 is 20.1 Å². The molecule has 2 rings (SSSR count). The Kier molecular flexibility index (Phi) is 8.04. The summed E-state index contributed by atoms with van der Waals surface area (Å²) in [4.78, 5) is 14.7. The van der Waals surface area contributed by atoms with E-state index < -0.39 is 0 Å². The monoisotopic (exact) mass is 363 g/mol. The van der Waals surface area contributed by atoms with E-state index in [4.69, 9.17) is 9.47 Å². The zero-order chi connectivity index (χ0) is 18.9. The molecule has 0 aliphatic carbocycles. The van der Waals surface area contributed by atoms with E-state index >= 15 is 0 Å². The average Bonchev–Trinajstić information content (AvgIpc) is 2.66. The van der Waals surface area contributed by atoms with Gasteiger partial charge in [0.2, 0.25) is 0 Å². The number of rotatable bonds is 8. The molecule has 1 fully saturated rings. The number of methoxy groups -OCH3 is 2. The van der Waals surface area contributed by atoms with Gasteiger partial charge in [-0.15, -0.1) is 0 Å². The molecule has 6 nitrogen and oxygen atoms in total. The molecule has 0 saturated carbocycles. The average molecular weight is 364 g/mol. The zero-order valence-corrected chi connectivity index (χ0v) is 16.5. The fourth-order valence-corrected chi connectivity index (χ4v) is 3.29. The van der Waals surface area contributed by atoms with Crippen molar-refractivity contribution in [2.75, 3.05) is 40.4 Å². The highest BCUT2D eigenvalue weighted by Gasteiger charge is 2.16. The molecule has 1 aliphatic heterocycles. The van der Waals surface area contributed by atoms with Crippen molar-refractivity contribution < 1.29 is 14.3 Å². The minimum absolute atomic E-state index is 0.158. The second-order valence-electron chi connectivity index (χ2n) is 7.11. The summed E-state index contributed by atoms with van der Waals surface area (Å²) in [6, 6.07) is 5.25. The maximum absolute atomic E-state index is 12.2. The Morgan fingerprint density at radius 2 is 2.00 bits per heavy atom. The number of benzene rings is 1. The molecule has 1 atom stereocenters. The number of hydrogen-bond donors (Lipinski definition) is 2. The fraction of sp³-hybridized carbons (Fsp3) is 0.650. The molecule has 0 radical (unpaired) electrons. The summed E-state index contributed by atoms with van der Waals surface area (Å²) in [7, 11) is 3.25. The van der Waals surface area contributed by atoms with Crippen LogP contribution in [-0.2, 0) is 0 Å². The van der Waals surface area contributed by atoms with Crippen molar-refractivity contribution in [2.24, 2.45) is 5.92 Å². The van der Waals surface area contributed by atoms with Crippen molar-refractivity contribution >= 4 is 6.03 Å². The van der Waals surface area contributed by atoms with Crippen LogP contribution in [0.15, 0.2) is 18.2 Å². The summed E-state index contributed by atoms with van der Waals surface area (Å²) in [5.41, 5.74) is 0.893. The number of likely N-dealkylation sites (tertiary alicyclic amines) is 1. The van der Waals surface area contributed by atoms with Gasteiger partial charge in [0, 0.05) is 12.1 Å². The first-order valence-corrected chi connectivity index (χ1v) is 9.52. The summed E-state index contributed by atoms with van der Waals surface area (Å²) in [6.45, 7) is 8.35. The van der Waals surface area contributed by atoms with Crippen LogP contribution in [0, 0.1) is 5.92 Å². The molecular formula is C20H33N3O3. The Hall–Kier alpha value is -1.95. The van der Waals surface area contributed by atoms with Crippen molar-refractivity contribution in [1.82, 2.24) is 15.5 Å². The standard InChI is InChI=1S/C20H33N3O3/c1-15-8-12-23(13-9-15)11-5-10-21-20(24)22-16(2)18-14-17(25-3)6-7-19(18)26-4/h6-7,14-16H,5,8-13H2,1-4H3,(H2,21,22,24). The van der Waals surface area contributed by atoms with Crippen molar-refractivity contribution in [3.8, 4) is 11.5 Å². The Morgan fingerprint density at radius 1 is 1.27 bits per heavy atom. The molecule has 1 aliphatic rings. The lowest BCUT2D eigenvalue weighted by Gasteiger charge is -2.30. The fourth-order valence-electron chi connectivity index (χ4n) is 3.29. The van der Waals surface area contributed by atoms with E-state index in [-0.39, 0.29) is 12.1 Å². The molecule has 146 valence electrons. The molecule has 26 heavy (non-hydrogen) atoms. The molecule has 2 N–H and O–H groups in total. The Labute approximate surface area is 157 Å². The summed E-state index contributed by atoms with van der Waals surface area (Å²) in [5, 5.41) is 5.92. The normalized spacial score (nSPS) is 16.8. The van der Waals surface area contributed by atoms with Gasteiger partial charge in [-0.1, -0.05) is 6.92 Å². The van der Waals surface area contributed by atoms with Crippen LogP contribution in [0.5, 0.6) is 11.5 Å². The number of ether oxygens (including phenoxy) is 2. The van der Waals surface area contributed by atoms with E-state index in [9.17, 15) is 4.79 Å². The third-order valence-corrected chi connectivity index (χ3v) is 5.06. The predicted octanol–water partition coefficient (Wildman–Crippen LogP) is 3.19. The maximum Gasteiger partial charge on any atom is 0.315 e. The van der Waals surface area contributed by atoms with E-state index in [1.807, 2.05) is 25.1 Å². The van der Waals surface area contributed by atoms with E-state index in [1.54, 1.807) is 14.2 Å². The molecule has 1 unspecified atom stereocenters. The maximum atomic E-state index is 12.2. The summed E-state index contributed by atoms with van der Waals surface area (Å²) in [6.07, 6.45) is 3.54. The van der Waals surface area contributed by atoms with E-state index in [0.717, 1.165) is 35.9 Å². The number of carbonyl (C=O) groups is 1. The smallest absolute Gasteiger partial charge is 0.315 e. The minimum atomic E-state index is -0.177. The predicted molar refractivity (Wildman–Crippen MR) is 104 cm³/mol. The Bertz CT molecular complexity index is 571. The van der Waals surface area contributed by atoms with Gasteiger partial charge in [0.1, 0.15) is 11.5 Å². The second-order valence-corrected chi connectivity index (χ2v) is 7.11. The molecular weight excluding hydrogens is 330 g/mol.